The van der Waals surface area contributed by atoms with Crippen LogP contribution in [0.4, 0.5) is 18.9 Å². The molecule has 1 aromatic rings. The summed E-state index contributed by atoms with van der Waals surface area (Å²) in [5.74, 6) is -0.391. The number of nitrogens with zero attached hydrogens (tertiary/aromatic N) is 1. The highest BCUT2D eigenvalue weighted by molar-refractivity contribution is 7.92. The van der Waals surface area contributed by atoms with E-state index in [1.807, 2.05) is 27.7 Å². The fourth-order valence-corrected chi connectivity index (χ4v) is 3.82. The zero-order valence-electron chi connectivity index (χ0n) is 15.8. The topological polar surface area (TPSA) is 66.5 Å². The molecular formula is C17H24ClF3N2O3S. The quantitative estimate of drug-likeness (QED) is 0.715. The fraction of sp³-hybridized carbons (Fsp3) is 0.588. The van der Waals surface area contributed by atoms with E-state index in [-0.39, 0.29) is 23.6 Å². The van der Waals surface area contributed by atoms with Gasteiger partial charge in [0.1, 0.15) is 6.54 Å². The molecule has 0 aromatic heterocycles. The number of carbonyl (C=O) groups excluding carboxylic acids is 1. The molecule has 10 heteroatoms. The molecule has 1 rings (SSSR count). The number of rotatable bonds is 7. The van der Waals surface area contributed by atoms with Gasteiger partial charge in [-0.2, -0.15) is 13.2 Å². The molecule has 0 aliphatic heterocycles. The SMILES string of the molecule is CC(C)C(NC(=O)CN(c1ccc(Cl)c(C(F)(F)F)c1)S(C)(=O)=O)C(C)C. The average molecular weight is 429 g/mol. The van der Waals surface area contributed by atoms with Gasteiger partial charge in [0.15, 0.2) is 0 Å². The number of sulfonamides is 1. The van der Waals surface area contributed by atoms with Gasteiger partial charge in [-0.05, 0) is 30.0 Å². The molecule has 1 N–H and O–H groups in total. The van der Waals surface area contributed by atoms with Crippen molar-refractivity contribution in [2.75, 3.05) is 17.1 Å². The third-order valence-electron chi connectivity index (χ3n) is 3.99. The highest BCUT2D eigenvalue weighted by Crippen LogP contribution is 2.37. The van der Waals surface area contributed by atoms with Crippen molar-refractivity contribution >= 4 is 33.2 Å². The van der Waals surface area contributed by atoms with E-state index in [0.717, 1.165) is 18.4 Å². The Morgan fingerprint density at radius 2 is 1.70 bits per heavy atom. The van der Waals surface area contributed by atoms with E-state index in [4.69, 9.17) is 11.6 Å². The van der Waals surface area contributed by atoms with Gasteiger partial charge in [0.05, 0.1) is 22.5 Å². The number of nitrogens with one attached hydrogen (secondary N) is 1. The van der Waals surface area contributed by atoms with Gasteiger partial charge in [-0.15, -0.1) is 0 Å². The first-order valence-electron chi connectivity index (χ1n) is 8.28. The van der Waals surface area contributed by atoms with Gasteiger partial charge < -0.3 is 5.32 Å². The second-order valence-electron chi connectivity index (χ2n) is 7.01. The predicted molar refractivity (Wildman–Crippen MR) is 100 cm³/mol. The summed E-state index contributed by atoms with van der Waals surface area (Å²) in [5.41, 5.74) is -1.45. The Morgan fingerprint density at radius 1 is 1.19 bits per heavy atom. The zero-order chi connectivity index (χ0) is 21.2. The predicted octanol–water partition coefficient (Wildman–Crippen LogP) is 3.92. The highest BCUT2D eigenvalue weighted by atomic mass is 35.5. The van der Waals surface area contributed by atoms with Crippen molar-refractivity contribution < 1.29 is 26.4 Å². The van der Waals surface area contributed by atoms with Gasteiger partial charge >= 0.3 is 6.18 Å². The van der Waals surface area contributed by atoms with Crippen molar-refractivity contribution in [2.45, 2.75) is 39.9 Å². The Bertz CT molecular complexity index is 772. The molecule has 0 fully saturated rings. The van der Waals surface area contributed by atoms with Crippen LogP contribution in [0.5, 0.6) is 0 Å². The average Bonchev–Trinajstić information content (AvgIpc) is 2.48. The van der Waals surface area contributed by atoms with Crippen LogP contribution in [-0.4, -0.2) is 33.2 Å². The van der Waals surface area contributed by atoms with Gasteiger partial charge in [-0.25, -0.2) is 8.42 Å². The van der Waals surface area contributed by atoms with Crippen LogP contribution in [-0.2, 0) is 21.0 Å². The van der Waals surface area contributed by atoms with Crippen molar-refractivity contribution in [1.82, 2.24) is 5.32 Å². The van der Waals surface area contributed by atoms with Crippen molar-refractivity contribution in [3.8, 4) is 0 Å². The monoisotopic (exact) mass is 428 g/mol. The van der Waals surface area contributed by atoms with Gasteiger partial charge in [0.25, 0.3) is 0 Å². The molecule has 0 unspecified atom stereocenters. The molecule has 1 amide bonds. The summed E-state index contributed by atoms with van der Waals surface area (Å²) in [6, 6.07) is 2.52. The minimum absolute atomic E-state index is 0.105. The first kappa shape index (κ1) is 23.6. The molecule has 0 aliphatic rings. The lowest BCUT2D eigenvalue weighted by atomic mass is 9.93. The van der Waals surface area contributed by atoms with Crippen LogP contribution in [0.3, 0.4) is 0 Å². The van der Waals surface area contributed by atoms with Crippen molar-refractivity contribution in [3.63, 3.8) is 0 Å². The van der Waals surface area contributed by atoms with Crippen molar-refractivity contribution in [2.24, 2.45) is 11.8 Å². The van der Waals surface area contributed by atoms with Crippen LogP contribution in [0.2, 0.25) is 5.02 Å². The minimum Gasteiger partial charge on any atom is -0.351 e. The lowest BCUT2D eigenvalue weighted by Gasteiger charge is -2.28. The van der Waals surface area contributed by atoms with Gasteiger partial charge in [-0.3, -0.25) is 9.10 Å². The first-order chi connectivity index (χ1) is 12.1. The summed E-state index contributed by atoms with van der Waals surface area (Å²) in [7, 11) is -4.00. The lowest BCUT2D eigenvalue weighted by molar-refractivity contribution is -0.137. The fourth-order valence-electron chi connectivity index (χ4n) is 2.75. The largest absolute Gasteiger partial charge is 0.417 e. The molecule has 0 heterocycles. The number of hydrogen-bond donors (Lipinski definition) is 1. The lowest BCUT2D eigenvalue weighted by Crippen LogP contribution is -2.47. The van der Waals surface area contributed by atoms with Crippen LogP contribution in [0.15, 0.2) is 18.2 Å². The Balaban J connectivity index is 3.21. The maximum atomic E-state index is 13.1. The number of anilines is 1. The second kappa shape index (κ2) is 8.68. The van der Waals surface area contributed by atoms with Crippen LogP contribution < -0.4 is 9.62 Å². The number of amides is 1. The van der Waals surface area contributed by atoms with E-state index < -0.39 is 39.2 Å². The van der Waals surface area contributed by atoms with E-state index >= 15 is 0 Å². The van der Waals surface area contributed by atoms with Crippen LogP contribution in [0.25, 0.3) is 0 Å². The number of halogens is 4. The van der Waals surface area contributed by atoms with E-state index in [9.17, 15) is 26.4 Å². The molecule has 1 aromatic carbocycles. The van der Waals surface area contributed by atoms with E-state index in [1.165, 1.54) is 0 Å². The number of benzene rings is 1. The molecule has 0 spiro atoms. The van der Waals surface area contributed by atoms with Gasteiger partial charge in [0.2, 0.25) is 15.9 Å². The molecule has 27 heavy (non-hydrogen) atoms. The molecule has 5 nitrogen and oxygen atoms in total. The maximum absolute atomic E-state index is 13.1. The molecular weight excluding hydrogens is 405 g/mol. The summed E-state index contributed by atoms with van der Waals surface area (Å²) < 4.78 is 64.0. The second-order valence-corrected chi connectivity index (χ2v) is 9.33. The Kier molecular flexibility index (Phi) is 7.58. The number of hydrogen-bond acceptors (Lipinski definition) is 3. The summed E-state index contributed by atoms with van der Waals surface area (Å²) >= 11 is 5.58. The standard InChI is InChI=1S/C17H24ClF3N2O3S/c1-10(2)16(11(3)4)22-15(24)9-23(27(5,25)26)12-6-7-14(18)13(8-12)17(19,20)21/h6-8,10-11,16H,9H2,1-5H3,(H,22,24). The summed E-state index contributed by atoms with van der Waals surface area (Å²) in [6.07, 6.45) is -3.93. The number of alkyl halides is 3. The normalized spacial score (nSPS) is 12.7. The molecule has 0 bridgehead atoms. The summed E-state index contributed by atoms with van der Waals surface area (Å²) in [6.45, 7) is 7.01. The number of carbonyl (C=O) groups is 1. The third kappa shape index (κ3) is 6.57. The van der Waals surface area contributed by atoms with Crippen molar-refractivity contribution in [1.29, 1.82) is 0 Å². The van der Waals surface area contributed by atoms with E-state index in [0.29, 0.717) is 10.4 Å². The summed E-state index contributed by atoms with van der Waals surface area (Å²) in [4.78, 5) is 12.4. The van der Waals surface area contributed by atoms with Crippen molar-refractivity contribution in [3.05, 3.63) is 28.8 Å². The Labute approximate surface area is 162 Å². The van der Waals surface area contributed by atoms with E-state index in [2.05, 4.69) is 5.32 Å². The molecule has 0 atom stereocenters. The smallest absolute Gasteiger partial charge is 0.351 e. The molecule has 0 saturated carbocycles. The zero-order valence-corrected chi connectivity index (χ0v) is 17.3. The van der Waals surface area contributed by atoms with Gasteiger partial charge in [0, 0.05) is 6.04 Å². The Morgan fingerprint density at radius 3 is 2.11 bits per heavy atom. The van der Waals surface area contributed by atoms with Crippen LogP contribution >= 0.6 is 11.6 Å². The van der Waals surface area contributed by atoms with Crippen LogP contribution in [0, 0.1) is 11.8 Å². The highest BCUT2D eigenvalue weighted by Gasteiger charge is 2.34. The van der Waals surface area contributed by atoms with Crippen LogP contribution in [0.1, 0.15) is 33.3 Å². The maximum Gasteiger partial charge on any atom is 0.417 e. The molecule has 0 aliphatic carbocycles. The molecule has 0 radical (unpaired) electrons. The summed E-state index contributed by atoms with van der Waals surface area (Å²) in [5, 5.41) is 2.20. The van der Waals surface area contributed by atoms with E-state index in [1.54, 1.807) is 0 Å². The minimum atomic E-state index is -4.75. The first-order valence-corrected chi connectivity index (χ1v) is 10.5. The molecule has 0 saturated heterocycles. The van der Waals surface area contributed by atoms with Gasteiger partial charge in [-0.1, -0.05) is 39.3 Å². The Hall–Kier alpha value is -1.48. The third-order valence-corrected chi connectivity index (χ3v) is 5.47. The molecule has 154 valence electrons.